The van der Waals surface area contributed by atoms with Crippen molar-refractivity contribution in [3.05, 3.63) is 29.0 Å². The standard InChI is InChI=1S/C19H24N2O4S/c1-12-6-8-14(9-7-12)21(3)16(22)11-25-19(23)17-13(2)26-18(20-17)15-5-4-10-24-15/h4-5,10,12,14H,6-9,11H2,1-3H3. The molecule has 0 saturated heterocycles. The van der Waals surface area contributed by atoms with Crippen LogP contribution in [0, 0.1) is 12.8 Å². The number of carbonyl (C=O) groups is 2. The third-order valence-electron chi connectivity index (χ3n) is 4.98. The molecule has 7 heteroatoms. The van der Waals surface area contributed by atoms with Gasteiger partial charge in [0.25, 0.3) is 5.91 Å². The smallest absolute Gasteiger partial charge is 0.358 e. The van der Waals surface area contributed by atoms with Crippen molar-refractivity contribution in [3.8, 4) is 10.8 Å². The van der Waals surface area contributed by atoms with Crippen molar-refractivity contribution in [2.75, 3.05) is 13.7 Å². The lowest BCUT2D eigenvalue weighted by Crippen LogP contribution is -2.41. The lowest BCUT2D eigenvalue weighted by atomic mass is 9.87. The van der Waals surface area contributed by atoms with Gasteiger partial charge in [-0.25, -0.2) is 9.78 Å². The molecule has 6 nitrogen and oxygen atoms in total. The van der Waals surface area contributed by atoms with Crippen LogP contribution in [0.15, 0.2) is 22.8 Å². The summed E-state index contributed by atoms with van der Waals surface area (Å²) >= 11 is 1.36. The Morgan fingerprint density at radius 2 is 2.08 bits per heavy atom. The highest BCUT2D eigenvalue weighted by Crippen LogP contribution is 2.29. The number of carbonyl (C=O) groups excluding carboxylic acids is 2. The third-order valence-corrected chi connectivity index (χ3v) is 5.96. The minimum Gasteiger partial charge on any atom is -0.462 e. The van der Waals surface area contributed by atoms with Crippen LogP contribution in [0.2, 0.25) is 0 Å². The van der Waals surface area contributed by atoms with E-state index in [1.54, 1.807) is 37.3 Å². The molecule has 0 radical (unpaired) electrons. The first-order valence-electron chi connectivity index (χ1n) is 8.89. The van der Waals surface area contributed by atoms with Gasteiger partial charge in [0, 0.05) is 18.0 Å². The van der Waals surface area contributed by atoms with E-state index >= 15 is 0 Å². The zero-order chi connectivity index (χ0) is 18.7. The molecule has 2 aromatic rings. The Hall–Kier alpha value is -2.15. The minimum absolute atomic E-state index is 0.169. The van der Waals surface area contributed by atoms with Gasteiger partial charge in [-0.2, -0.15) is 0 Å². The van der Waals surface area contributed by atoms with Crippen LogP contribution < -0.4 is 0 Å². The number of furan rings is 1. The Balaban J connectivity index is 1.56. The van der Waals surface area contributed by atoms with E-state index in [1.807, 2.05) is 0 Å². The third kappa shape index (κ3) is 4.15. The maximum atomic E-state index is 12.4. The predicted molar refractivity (Wildman–Crippen MR) is 99.0 cm³/mol. The molecule has 0 aromatic carbocycles. The maximum absolute atomic E-state index is 12.4. The van der Waals surface area contributed by atoms with Gasteiger partial charge in [-0.1, -0.05) is 6.92 Å². The van der Waals surface area contributed by atoms with E-state index in [0.717, 1.165) is 36.5 Å². The molecule has 2 heterocycles. The van der Waals surface area contributed by atoms with Crippen molar-refractivity contribution >= 4 is 23.2 Å². The summed E-state index contributed by atoms with van der Waals surface area (Å²) in [6, 6.07) is 3.80. The van der Waals surface area contributed by atoms with Crippen LogP contribution in [0.4, 0.5) is 0 Å². The van der Waals surface area contributed by atoms with Gasteiger partial charge in [-0.3, -0.25) is 4.79 Å². The second kappa shape index (κ2) is 8.03. The van der Waals surface area contributed by atoms with Crippen LogP contribution in [0.25, 0.3) is 10.8 Å². The normalized spacial score (nSPS) is 20.0. The second-order valence-electron chi connectivity index (χ2n) is 6.90. The summed E-state index contributed by atoms with van der Waals surface area (Å²) in [6.45, 7) is 3.79. The predicted octanol–water partition coefficient (Wildman–Crippen LogP) is 3.91. The first-order valence-corrected chi connectivity index (χ1v) is 9.71. The van der Waals surface area contributed by atoms with Gasteiger partial charge in [0.15, 0.2) is 23.1 Å². The molecular weight excluding hydrogens is 352 g/mol. The molecule has 0 N–H and O–H groups in total. The van der Waals surface area contributed by atoms with Gasteiger partial charge >= 0.3 is 5.97 Å². The highest BCUT2D eigenvalue weighted by Gasteiger charge is 2.26. The van der Waals surface area contributed by atoms with E-state index in [0.29, 0.717) is 10.8 Å². The molecule has 0 unspecified atom stereocenters. The quantitative estimate of drug-likeness (QED) is 0.740. The van der Waals surface area contributed by atoms with E-state index in [-0.39, 0.29) is 24.2 Å². The largest absolute Gasteiger partial charge is 0.462 e. The number of hydrogen-bond acceptors (Lipinski definition) is 6. The molecule has 0 bridgehead atoms. The average molecular weight is 376 g/mol. The lowest BCUT2D eigenvalue weighted by molar-refractivity contribution is -0.136. The van der Waals surface area contributed by atoms with Crippen LogP contribution >= 0.6 is 11.3 Å². The fraction of sp³-hybridized carbons (Fsp3) is 0.526. The number of likely N-dealkylation sites (N-methyl/N-ethyl adjacent to an activating group) is 1. The zero-order valence-electron chi connectivity index (χ0n) is 15.4. The van der Waals surface area contributed by atoms with Gasteiger partial charge < -0.3 is 14.1 Å². The topological polar surface area (TPSA) is 72.6 Å². The van der Waals surface area contributed by atoms with Gasteiger partial charge in [0.05, 0.1) is 6.26 Å². The Morgan fingerprint density at radius 3 is 2.73 bits per heavy atom. The van der Waals surface area contributed by atoms with E-state index in [4.69, 9.17) is 9.15 Å². The van der Waals surface area contributed by atoms with Gasteiger partial charge in [-0.05, 0) is 50.7 Å². The Morgan fingerprint density at radius 1 is 1.35 bits per heavy atom. The number of rotatable bonds is 5. The Bertz CT molecular complexity index is 761. The van der Waals surface area contributed by atoms with Crippen LogP contribution in [0.1, 0.15) is 48.0 Å². The van der Waals surface area contributed by atoms with E-state index in [9.17, 15) is 9.59 Å². The summed E-state index contributed by atoms with van der Waals surface area (Å²) in [6.07, 6.45) is 5.85. The van der Waals surface area contributed by atoms with Crippen molar-refractivity contribution in [2.24, 2.45) is 5.92 Å². The fourth-order valence-corrected chi connectivity index (χ4v) is 4.09. The summed E-state index contributed by atoms with van der Waals surface area (Å²) in [5.41, 5.74) is 0.239. The highest BCUT2D eigenvalue weighted by atomic mass is 32.1. The molecule has 0 atom stereocenters. The Kier molecular flexibility index (Phi) is 5.76. The molecular formula is C19H24N2O4S. The molecule has 1 aliphatic rings. The zero-order valence-corrected chi connectivity index (χ0v) is 16.2. The summed E-state index contributed by atoms with van der Waals surface area (Å²) in [5.74, 6) is 0.593. The van der Waals surface area contributed by atoms with Crippen LogP contribution in [0.3, 0.4) is 0 Å². The number of thiazole rings is 1. The van der Waals surface area contributed by atoms with Crippen molar-refractivity contribution in [1.82, 2.24) is 9.88 Å². The number of hydrogen-bond donors (Lipinski definition) is 0. The molecule has 26 heavy (non-hydrogen) atoms. The average Bonchev–Trinajstić information content (AvgIpc) is 3.29. The number of nitrogens with zero attached hydrogens (tertiary/aromatic N) is 2. The molecule has 3 rings (SSSR count). The first kappa shape index (κ1) is 18.6. The molecule has 2 aromatic heterocycles. The minimum atomic E-state index is -0.574. The molecule has 1 amide bonds. The van der Waals surface area contributed by atoms with Crippen molar-refractivity contribution in [2.45, 2.75) is 45.6 Å². The van der Waals surface area contributed by atoms with Gasteiger partial charge in [0.1, 0.15) is 0 Å². The molecule has 0 spiro atoms. The Labute approximate surface area is 157 Å². The first-order chi connectivity index (χ1) is 12.5. The van der Waals surface area contributed by atoms with Crippen LogP contribution in [-0.2, 0) is 9.53 Å². The van der Waals surface area contributed by atoms with E-state index in [1.165, 1.54) is 11.3 Å². The van der Waals surface area contributed by atoms with Gasteiger partial charge in [-0.15, -0.1) is 11.3 Å². The summed E-state index contributed by atoms with van der Waals surface area (Å²) in [4.78, 5) is 31.4. The molecule has 1 fully saturated rings. The molecule has 1 aliphatic carbocycles. The van der Waals surface area contributed by atoms with E-state index < -0.39 is 5.97 Å². The number of ether oxygens (including phenoxy) is 1. The van der Waals surface area contributed by atoms with E-state index in [2.05, 4.69) is 11.9 Å². The second-order valence-corrected chi connectivity index (χ2v) is 8.10. The molecule has 0 aliphatic heterocycles. The summed E-state index contributed by atoms with van der Waals surface area (Å²) < 4.78 is 10.5. The number of amides is 1. The number of esters is 1. The number of aromatic nitrogens is 1. The fourth-order valence-electron chi connectivity index (χ4n) is 3.22. The lowest BCUT2D eigenvalue weighted by Gasteiger charge is -2.33. The van der Waals surface area contributed by atoms with Crippen LogP contribution in [0.5, 0.6) is 0 Å². The van der Waals surface area contributed by atoms with Gasteiger partial charge in [0.2, 0.25) is 0 Å². The SMILES string of the molecule is Cc1sc(-c2ccco2)nc1C(=O)OCC(=O)N(C)C1CCC(C)CC1. The molecule has 140 valence electrons. The number of aryl methyl sites for hydroxylation is 1. The van der Waals surface area contributed by atoms with Crippen molar-refractivity contribution in [3.63, 3.8) is 0 Å². The highest BCUT2D eigenvalue weighted by molar-refractivity contribution is 7.15. The van der Waals surface area contributed by atoms with Crippen molar-refractivity contribution in [1.29, 1.82) is 0 Å². The maximum Gasteiger partial charge on any atom is 0.358 e. The summed E-state index contributed by atoms with van der Waals surface area (Å²) in [5, 5.41) is 0.624. The molecule has 1 saturated carbocycles. The van der Waals surface area contributed by atoms with Crippen LogP contribution in [-0.4, -0.2) is 41.5 Å². The van der Waals surface area contributed by atoms with Crippen molar-refractivity contribution < 1.29 is 18.7 Å². The monoisotopic (exact) mass is 376 g/mol. The summed E-state index contributed by atoms with van der Waals surface area (Å²) in [7, 11) is 1.79.